The van der Waals surface area contributed by atoms with Gasteiger partial charge in [-0.1, -0.05) is 146 Å². The number of rotatable bonds is 12. The Hall–Kier alpha value is -6.84. The molecule has 0 bridgehead atoms. The summed E-state index contributed by atoms with van der Waals surface area (Å²) in [5, 5.41) is 0. The summed E-state index contributed by atoms with van der Waals surface area (Å²) in [6.07, 6.45) is 2.99. The molecule has 0 aliphatic carbocycles. The monoisotopic (exact) mass is 758 g/mol. The lowest BCUT2D eigenvalue weighted by Crippen LogP contribution is -1.90. The van der Waals surface area contributed by atoms with Crippen LogP contribution in [0.15, 0.2) is 194 Å². The highest BCUT2D eigenvalue weighted by Gasteiger charge is 2.05. The molecule has 8 aromatic rings. The largest absolute Gasteiger partial charge is 0.457 e. The molecule has 0 spiro atoms. The highest BCUT2D eigenvalue weighted by molar-refractivity contribution is 5.65. The fourth-order valence-corrected chi connectivity index (χ4v) is 6.50. The molecule has 58 heavy (non-hydrogen) atoms. The van der Waals surface area contributed by atoms with Crippen molar-refractivity contribution in [3.63, 3.8) is 0 Å². The van der Waals surface area contributed by atoms with Crippen LogP contribution in [0.1, 0.15) is 47.2 Å². The Labute approximate surface area is 344 Å². The van der Waals surface area contributed by atoms with Crippen molar-refractivity contribution >= 4 is 0 Å². The Balaban J connectivity index is 0.000000177. The Morgan fingerprint density at radius 1 is 0.259 bits per heavy atom. The second kappa shape index (κ2) is 19.3. The van der Waals surface area contributed by atoms with Gasteiger partial charge in [-0.05, 0) is 150 Å². The second-order valence-electron chi connectivity index (χ2n) is 14.5. The van der Waals surface area contributed by atoms with Crippen LogP contribution in [-0.4, -0.2) is 0 Å². The van der Waals surface area contributed by atoms with Crippen LogP contribution in [-0.2, 0) is 19.3 Å². The summed E-state index contributed by atoms with van der Waals surface area (Å²) in [7, 11) is 0. The lowest BCUT2D eigenvalue weighted by Gasteiger charge is -2.09. The zero-order valence-corrected chi connectivity index (χ0v) is 33.8. The molecule has 0 aliphatic rings. The van der Waals surface area contributed by atoms with E-state index in [0.717, 1.165) is 64.9 Å². The third-order valence-electron chi connectivity index (χ3n) is 10.1. The number of ether oxygens (including phenoxy) is 3. The van der Waals surface area contributed by atoms with Crippen LogP contribution in [0.2, 0.25) is 0 Å². The Bertz CT molecular complexity index is 2450. The van der Waals surface area contributed by atoms with E-state index in [-0.39, 0.29) is 0 Å². The van der Waals surface area contributed by atoms with E-state index in [1.54, 1.807) is 0 Å². The van der Waals surface area contributed by atoms with E-state index in [9.17, 15) is 0 Å². The van der Waals surface area contributed by atoms with E-state index in [2.05, 4.69) is 137 Å². The minimum absolute atomic E-state index is 0.827. The SMILES string of the molecule is CCc1ccc(Oc2ccc(-c3ccc(Oc4ccc(C)cc4)cc3)cc2)cc1.CCc1ccc(Oc2ccc(Cc3ccc(-c4ccc(C)cc4)cc3)cc2)cc1. The third kappa shape index (κ3) is 11.1. The molecule has 0 saturated heterocycles. The lowest BCUT2D eigenvalue weighted by atomic mass is 10.00. The lowest BCUT2D eigenvalue weighted by molar-refractivity contribution is 0.482. The van der Waals surface area contributed by atoms with E-state index in [1.165, 1.54) is 44.5 Å². The Morgan fingerprint density at radius 3 is 0.776 bits per heavy atom. The van der Waals surface area contributed by atoms with Gasteiger partial charge in [0.2, 0.25) is 0 Å². The van der Waals surface area contributed by atoms with E-state index >= 15 is 0 Å². The van der Waals surface area contributed by atoms with Gasteiger partial charge in [-0.3, -0.25) is 0 Å². The van der Waals surface area contributed by atoms with Crippen molar-refractivity contribution in [3.8, 4) is 56.8 Å². The first-order valence-electron chi connectivity index (χ1n) is 20.1. The molecule has 0 saturated carbocycles. The van der Waals surface area contributed by atoms with Crippen LogP contribution in [0, 0.1) is 13.8 Å². The minimum atomic E-state index is 0.827. The van der Waals surface area contributed by atoms with Crippen molar-refractivity contribution in [2.75, 3.05) is 0 Å². The van der Waals surface area contributed by atoms with Crippen LogP contribution in [0.25, 0.3) is 22.3 Å². The molecule has 0 aromatic heterocycles. The maximum absolute atomic E-state index is 5.96. The van der Waals surface area contributed by atoms with Gasteiger partial charge in [0.15, 0.2) is 0 Å². The first-order chi connectivity index (χ1) is 28.4. The maximum Gasteiger partial charge on any atom is 0.127 e. The van der Waals surface area contributed by atoms with Crippen molar-refractivity contribution in [1.29, 1.82) is 0 Å². The van der Waals surface area contributed by atoms with Crippen molar-refractivity contribution in [2.24, 2.45) is 0 Å². The standard InChI is InChI=1S/C28H26O.C27H24O2/c1-3-22-8-16-27(17-9-22)29-28-18-10-24(11-19-28)20-23-6-14-26(15-7-23)25-12-4-21(2)5-13-25;1-3-21-6-14-25(15-7-21)29-27-18-10-23(11-19-27)22-8-16-26(17-9-22)28-24-12-4-20(2)5-13-24/h4-19H,3,20H2,1-2H3;4-19H,3H2,1-2H3. The summed E-state index contributed by atoms with van der Waals surface area (Å²) in [6, 6.07) is 66.8. The molecule has 0 radical (unpaired) electrons. The van der Waals surface area contributed by atoms with Crippen molar-refractivity contribution in [3.05, 3.63) is 228 Å². The molecule has 0 heterocycles. The van der Waals surface area contributed by atoms with Gasteiger partial charge in [-0.2, -0.15) is 0 Å². The van der Waals surface area contributed by atoms with E-state index < -0.39 is 0 Å². The van der Waals surface area contributed by atoms with Gasteiger partial charge in [0.05, 0.1) is 0 Å². The smallest absolute Gasteiger partial charge is 0.127 e. The van der Waals surface area contributed by atoms with Gasteiger partial charge >= 0.3 is 0 Å². The number of hydrogen-bond acceptors (Lipinski definition) is 3. The molecular formula is C55H50O3. The van der Waals surface area contributed by atoms with Crippen molar-refractivity contribution < 1.29 is 14.2 Å². The third-order valence-corrected chi connectivity index (χ3v) is 10.1. The van der Waals surface area contributed by atoms with Gasteiger partial charge in [0.1, 0.15) is 34.5 Å². The van der Waals surface area contributed by atoms with Crippen molar-refractivity contribution in [2.45, 2.75) is 47.0 Å². The number of hydrogen-bond donors (Lipinski definition) is 0. The molecule has 3 nitrogen and oxygen atoms in total. The molecule has 0 N–H and O–H groups in total. The highest BCUT2D eigenvalue weighted by Crippen LogP contribution is 2.30. The van der Waals surface area contributed by atoms with Crippen LogP contribution in [0.5, 0.6) is 34.5 Å². The molecule has 0 aliphatic heterocycles. The van der Waals surface area contributed by atoms with E-state index in [0.29, 0.717) is 0 Å². The molecule has 0 unspecified atom stereocenters. The van der Waals surface area contributed by atoms with Gasteiger partial charge in [0.25, 0.3) is 0 Å². The fraction of sp³-hybridized carbons (Fsp3) is 0.127. The molecule has 3 heteroatoms. The van der Waals surface area contributed by atoms with Crippen molar-refractivity contribution in [1.82, 2.24) is 0 Å². The number of aryl methyl sites for hydroxylation is 4. The van der Waals surface area contributed by atoms with Gasteiger partial charge in [0, 0.05) is 0 Å². The fourth-order valence-electron chi connectivity index (χ4n) is 6.50. The zero-order valence-electron chi connectivity index (χ0n) is 33.8. The van der Waals surface area contributed by atoms with Gasteiger partial charge in [-0.25, -0.2) is 0 Å². The van der Waals surface area contributed by atoms with Crippen LogP contribution >= 0.6 is 0 Å². The topological polar surface area (TPSA) is 27.7 Å². The maximum atomic E-state index is 5.96. The molecule has 8 rings (SSSR count). The molecule has 0 amide bonds. The van der Waals surface area contributed by atoms with Gasteiger partial charge < -0.3 is 14.2 Å². The average molecular weight is 759 g/mol. The minimum Gasteiger partial charge on any atom is -0.457 e. The number of benzene rings is 8. The molecule has 0 fully saturated rings. The molecular weight excluding hydrogens is 709 g/mol. The summed E-state index contributed by atoms with van der Waals surface area (Å²) < 4.78 is 17.8. The predicted molar refractivity (Wildman–Crippen MR) is 241 cm³/mol. The normalized spacial score (nSPS) is 10.6. The summed E-state index contributed by atoms with van der Waals surface area (Å²) in [6.45, 7) is 8.49. The second-order valence-corrected chi connectivity index (χ2v) is 14.5. The van der Waals surface area contributed by atoms with E-state index in [4.69, 9.17) is 14.2 Å². The van der Waals surface area contributed by atoms with Crippen LogP contribution in [0.3, 0.4) is 0 Å². The molecule has 0 atom stereocenters. The summed E-state index contributed by atoms with van der Waals surface area (Å²) >= 11 is 0. The average Bonchev–Trinajstić information content (AvgIpc) is 3.27. The van der Waals surface area contributed by atoms with Crippen LogP contribution < -0.4 is 14.2 Å². The van der Waals surface area contributed by atoms with Gasteiger partial charge in [-0.15, -0.1) is 0 Å². The summed E-state index contributed by atoms with van der Waals surface area (Å²) in [5.74, 6) is 5.10. The Kier molecular flexibility index (Phi) is 13.1. The first kappa shape index (κ1) is 39.4. The molecule has 8 aromatic carbocycles. The summed E-state index contributed by atoms with van der Waals surface area (Å²) in [5.41, 5.74) is 12.5. The summed E-state index contributed by atoms with van der Waals surface area (Å²) in [4.78, 5) is 0. The van der Waals surface area contributed by atoms with Crippen LogP contribution in [0.4, 0.5) is 0 Å². The van der Waals surface area contributed by atoms with E-state index in [1.807, 2.05) is 84.9 Å². The zero-order chi connectivity index (χ0) is 40.1. The Morgan fingerprint density at radius 2 is 0.466 bits per heavy atom. The molecule has 288 valence electrons. The quantitative estimate of drug-likeness (QED) is 0.124. The predicted octanol–water partition coefficient (Wildman–Crippen LogP) is 15.4. The first-order valence-corrected chi connectivity index (χ1v) is 20.1. The highest BCUT2D eigenvalue weighted by atomic mass is 16.5.